The molecule has 0 spiro atoms. The molecule has 0 bridgehead atoms. The third kappa shape index (κ3) is 3.89. The molecule has 4 heteroatoms. The van der Waals surface area contributed by atoms with E-state index in [9.17, 15) is 0 Å². The molecule has 0 aliphatic heterocycles. The molecule has 4 nitrogen and oxygen atoms in total. The molecule has 0 fully saturated rings. The third-order valence-corrected chi connectivity index (χ3v) is 2.86. The zero-order valence-electron chi connectivity index (χ0n) is 11.5. The first-order valence-electron chi connectivity index (χ1n) is 6.19. The molecule has 0 radical (unpaired) electrons. The highest BCUT2D eigenvalue weighted by atomic mass is 16.5. The fraction of sp³-hybridized carbons (Fsp3) is 0.571. The first-order valence-corrected chi connectivity index (χ1v) is 6.19. The van der Waals surface area contributed by atoms with Crippen LogP contribution < -0.4 is 15.2 Å². The highest BCUT2D eigenvalue weighted by Crippen LogP contribution is 2.32. The number of rotatable bonds is 8. The molecule has 18 heavy (non-hydrogen) atoms. The summed E-state index contributed by atoms with van der Waals surface area (Å²) in [7, 11) is 5.03. The SMILES string of the molecule is COCc1cc(OC)c(CCCCN)c(OC)c1. The molecule has 0 unspecified atom stereocenters. The molecule has 0 aromatic heterocycles. The van der Waals surface area contributed by atoms with Gasteiger partial charge in [0, 0.05) is 12.7 Å². The lowest BCUT2D eigenvalue weighted by molar-refractivity contribution is 0.184. The van der Waals surface area contributed by atoms with Crippen LogP contribution in [-0.4, -0.2) is 27.9 Å². The largest absolute Gasteiger partial charge is 0.496 e. The summed E-state index contributed by atoms with van der Waals surface area (Å²) in [6.07, 6.45) is 2.95. The minimum absolute atomic E-state index is 0.551. The van der Waals surface area contributed by atoms with Crippen LogP contribution in [0.15, 0.2) is 12.1 Å². The smallest absolute Gasteiger partial charge is 0.126 e. The molecular weight excluding hydrogens is 230 g/mol. The normalized spacial score (nSPS) is 10.4. The Bertz CT molecular complexity index is 341. The predicted molar refractivity (Wildman–Crippen MR) is 72.3 cm³/mol. The van der Waals surface area contributed by atoms with E-state index in [1.807, 2.05) is 12.1 Å². The van der Waals surface area contributed by atoms with E-state index >= 15 is 0 Å². The zero-order valence-corrected chi connectivity index (χ0v) is 11.5. The summed E-state index contributed by atoms with van der Waals surface area (Å²) in [5, 5.41) is 0. The lowest BCUT2D eigenvalue weighted by Gasteiger charge is -2.15. The second-order valence-electron chi connectivity index (χ2n) is 4.16. The maximum Gasteiger partial charge on any atom is 0.126 e. The number of benzene rings is 1. The number of hydrogen-bond acceptors (Lipinski definition) is 4. The van der Waals surface area contributed by atoms with Crippen LogP contribution in [0.25, 0.3) is 0 Å². The van der Waals surface area contributed by atoms with Crippen LogP contribution in [0.3, 0.4) is 0 Å². The molecule has 0 saturated carbocycles. The van der Waals surface area contributed by atoms with Crippen molar-refractivity contribution >= 4 is 0 Å². The van der Waals surface area contributed by atoms with Crippen molar-refractivity contribution in [2.45, 2.75) is 25.9 Å². The Morgan fingerprint density at radius 2 is 1.61 bits per heavy atom. The third-order valence-electron chi connectivity index (χ3n) is 2.86. The first kappa shape index (κ1) is 14.8. The summed E-state index contributed by atoms with van der Waals surface area (Å²) in [6, 6.07) is 4.01. The van der Waals surface area contributed by atoms with Crippen LogP contribution in [0.1, 0.15) is 24.0 Å². The van der Waals surface area contributed by atoms with Gasteiger partial charge in [-0.1, -0.05) is 0 Å². The lowest BCUT2D eigenvalue weighted by Crippen LogP contribution is -2.02. The zero-order chi connectivity index (χ0) is 13.4. The summed E-state index contributed by atoms with van der Waals surface area (Å²) in [5.41, 5.74) is 7.67. The van der Waals surface area contributed by atoms with Gasteiger partial charge >= 0.3 is 0 Å². The molecule has 0 atom stereocenters. The van der Waals surface area contributed by atoms with E-state index < -0.39 is 0 Å². The van der Waals surface area contributed by atoms with E-state index in [2.05, 4.69) is 0 Å². The van der Waals surface area contributed by atoms with Gasteiger partial charge in [0.1, 0.15) is 11.5 Å². The van der Waals surface area contributed by atoms with E-state index in [0.717, 1.165) is 41.9 Å². The second-order valence-corrected chi connectivity index (χ2v) is 4.16. The molecule has 0 saturated heterocycles. The molecule has 0 aliphatic rings. The van der Waals surface area contributed by atoms with E-state index in [-0.39, 0.29) is 0 Å². The van der Waals surface area contributed by atoms with Crippen molar-refractivity contribution in [1.82, 2.24) is 0 Å². The number of hydrogen-bond donors (Lipinski definition) is 1. The Morgan fingerprint density at radius 1 is 1.00 bits per heavy atom. The first-order chi connectivity index (χ1) is 8.76. The van der Waals surface area contributed by atoms with Crippen molar-refractivity contribution in [3.8, 4) is 11.5 Å². The van der Waals surface area contributed by atoms with Crippen molar-refractivity contribution in [2.75, 3.05) is 27.9 Å². The Hall–Kier alpha value is -1.26. The number of unbranched alkanes of at least 4 members (excludes halogenated alkanes) is 1. The van der Waals surface area contributed by atoms with Crippen molar-refractivity contribution in [3.63, 3.8) is 0 Å². The monoisotopic (exact) mass is 253 g/mol. The standard InChI is InChI=1S/C14H23NO3/c1-16-10-11-8-13(17-2)12(6-4-5-7-15)14(9-11)18-3/h8-9H,4-7,10,15H2,1-3H3. The quantitative estimate of drug-likeness (QED) is 0.721. The second kappa shape index (κ2) is 7.95. The molecule has 2 N–H and O–H groups in total. The van der Waals surface area contributed by atoms with E-state index in [1.165, 1.54) is 0 Å². The molecule has 0 heterocycles. The Labute approximate surface area is 109 Å². The molecule has 1 aromatic rings. The number of ether oxygens (including phenoxy) is 3. The molecule has 0 aliphatic carbocycles. The highest BCUT2D eigenvalue weighted by Gasteiger charge is 2.12. The maximum atomic E-state index is 5.52. The van der Waals surface area contributed by atoms with Gasteiger partial charge in [-0.05, 0) is 43.5 Å². The summed E-state index contributed by atoms with van der Waals surface area (Å²) in [4.78, 5) is 0. The molecule has 0 amide bonds. The number of methoxy groups -OCH3 is 3. The van der Waals surface area contributed by atoms with Gasteiger partial charge < -0.3 is 19.9 Å². The van der Waals surface area contributed by atoms with Crippen LogP contribution in [0.4, 0.5) is 0 Å². The van der Waals surface area contributed by atoms with Crippen LogP contribution in [-0.2, 0) is 17.8 Å². The fourth-order valence-corrected chi connectivity index (χ4v) is 1.98. The molecular formula is C14H23NO3. The van der Waals surface area contributed by atoms with E-state index in [0.29, 0.717) is 13.2 Å². The minimum atomic E-state index is 0.551. The summed E-state index contributed by atoms with van der Waals surface area (Å²) in [6.45, 7) is 1.27. The Kier molecular flexibility index (Phi) is 6.54. The van der Waals surface area contributed by atoms with Crippen molar-refractivity contribution in [1.29, 1.82) is 0 Å². The topological polar surface area (TPSA) is 53.7 Å². The Balaban J connectivity index is 2.97. The minimum Gasteiger partial charge on any atom is -0.496 e. The van der Waals surface area contributed by atoms with Gasteiger partial charge in [0.05, 0.1) is 20.8 Å². The maximum absolute atomic E-state index is 5.52. The van der Waals surface area contributed by atoms with Gasteiger partial charge in [0.2, 0.25) is 0 Å². The average Bonchev–Trinajstić information content (AvgIpc) is 2.40. The van der Waals surface area contributed by atoms with Crippen LogP contribution >= 0.6 is 0 Å². The van der Waals surface area contributed by atoms with Crippen LogP contribution in [0.5, 0.6) is 11.5 Å². The van der Waals surface area contributed by atoms with Crippen LogP contribution in [0, 0.1) is 0 Å². The fourth-order valence-electron chi connectivity index (χ4n) is 1.98. The van der Waals surface area contributed by atoms with Gasteiger partial charge in [-0.15, -0.1) is 0 Å². The van der Waals surface area contributed by atoms with Gasteiger partial charge in [-0.3, -0.25) is 0 Å². The molecule has 1 aromatic carbocycles. The van der Waals surface area contributed by atoms with Crippen molar-refractivity contribution < 1.29 is 14.2 Å². The molecule has 1 rings (SSSR count). The predicted octanol–water partition coefficient (Wildman–Crippen LogP) is 2.13. The highest BCUT2D eigenvalue weighted by molar-refractivity contribution is 5.48. The molecule has 102 valence electrons. The lowest BCUT2D eigenvalue weighted by atomic mass is 10.0. The van der Waals surface area contributed by atoms with Gasteiger partial charge in [-0.2, -0.15) is 0 Å². The summed E-state index contributed by atoms with van der Waals surface area (Å²) in [5.74, 6) is 1.72. The van der Waals surface area contributed by atoms with Gasteiger partial charge in [-0.25, -0.2) is 0 Å². The summed E-state index contributed by atoms with van der Waals surface area (Å²) >= 11 is 0. The van der Waals surface area contributed by atoms with Gasteiger partial charge in [0.15, 0.2) is 0 Å². The summed E-state index contributed by atoms with van der Waals surface area (Å²) < 4.78 is 16.0. The Morgan fingerprint density at radius 3 is 2.06 bits per heavy atom. The van der Waals surface area contributed by atoms with Crippen molar-refractivity contribution in [2.24, 2.45) is 5.73 Å². The average molecular weight is 253 g/mol. The van der Waals surface area contributed by atoms with E-state index in [1.54, 1.807) is 21.3 Å². The van der Waals surface area contributed by atoms with Crippen molar-refractivity contribution in [3.05, 3.63) is 23.3 Å². The van der Waals surface area contributed by atoms with Gasteiger partial charge in [0.25, 0.3) is 0 Å². The van der Waals surface area contributed by atoms with E-state index in [4.69, 9.17) is 19.9 Å². The van der Waals surface area contributed by atoms with Crippen LogP contribution in [0.2, 0.25) is 0 Å². The number of nitrogens with two attached hydrogens (primary N) is 1.